The molecule has 0 aliphatic carbocycles. The molecular formula is C24H27N5O4. The first kappa shape index (κ1) is 22.6. The van der Waals surface area contributed by atoms with Gasteiger partial charge in [0.2, 0.25) is 0 Å². The molecule has 3 aromatic rings. The molecule has 4 rings (SSSR count). The summed E-state index contributed by atoms with van der Waals surface area (Å²) < 4.78 is 5.67. The van der Waals surface area contributed by atoms with E-state index in [1.54, 1.807) is 30.3 Å². The van der Waals surface area contributed by atoms with Crippen molar-refractivity contribution in [2.45, 2.75) is 26.1 Å². The average molecular weight is 450 g/mol. The summed E-state index contributed by atoms with van der Waals surface area (Å²) in [7, 11) is 0. The number of carbonyl (C=O) groups is 2. The topological polar surface area (TPSA) is 116 Å². The smallest absolute Gasteiger partial charge is 0.258 e. The third-order valence-electron chi connectivity index (χ3n) is 5.47. The lowest BCUT2D eigenvalue weighted by molar-refractivity contribution is -0.139. The van der Waals surface area contributed by atoms with Gasteiger partial charge in [-0.05, 0) is 36.8 Å². The summed E-state index contributed by atoms with van der Waals surface area (Å²) in [5, 5.41) is 6.21. The van der Waals surface area contributed by atoms with Crippen molar-refractivity contribution in [1.82, 2.24) is 25.5 Å². The van der Waals surface area contributed by atoms with Gasteiger partial charge < -0.3 is 20.4 Å². The zero-order valence-electron chi connectivity index (χ0n) is 18.5. The lowest BCUT2D eigenvalue weighted by Crippen LogP contribution is -2.49. The van der Waals surface area contributed by atoms with Crippen molar-refractivity contribution in [2.75, 3.05) is 26.2 Å². The first-order valence-electron chi connectivity index (χ1n) is 11.0. The van der Waals surface area contributed by atoms with E-state index in [0.29, 0.717) is 61.6 Å². The number of ether oxygens (including phenoxy) is 1. The first-order chi connectivity index (χ1) is 16.0. The minimum atomic E-state index is -0.627. The number of aromatic nitrogens is 2. The summed E-state index contributed by atoms with van der Waals surface area (Å²) in [5.74, 6) is 0.197. The maximum atomic E-state index is 12.7. The largest absolute Gasteiger partial charge is 0.366 e. The molecule has 33 heavy (non-hydrogen) atoms. The SMILES string of the molecule is CCNC(=O)c1cccc(CNC(=O)C2CN(Cc3nc4ccccc4c(=O)[nH]3)CCO2)c1. The van der Waals surface area contributed by atoms with Crippen LogP contribution in [0.5, 0.6) is 0 Å². The van der Waals surface area contributed by atoms with Gasteiger partial charge in [0.15, 0.2) is 0 Å². The van der Waals surface area contributed by atoms with Crippen molar-refractivity contribution >= 4 is 22.7 Å². The molecular weight excluding hydrogens is 422 g/mol. The molecule has 2 amide bonds. The van der Waals surface area contributed by atoms with Crippen molar-refractivity contribution in [2.24, 2.45) is 0 Å². The molecule has 9 nitrogen and oxygen atoms in total. The maximum Gasteiger partial charge on any atom is 0.258 e. The number of carbonyl (C=O) groups excluding carboxylic acids is 2. The number of fused-ring (bicyclic) bond motifs is 1. The molecule has 0 bridgehead atoms. The Labute approximate surface area is 191 Å². The number of nitrogens with zero attached hydrogens (tertiary/aromatic N) is 2. The Morgan fingerprint density at radius 1 is 1.18 bits per heavy atom. The third kappa shape index (κ3) is 5.63. The Morgan fingerprint density at radius 2 is 2.03 bits per heavy atom. The van der Waals surface area contributed by atoms with Crippen LogP contribution in [0.2, 0.25) is 0 Å². The second-order valence-electron chi connectivity index (χ2n) is 7.90. The number of amides is 2. The standard InChI is InChI=1S/C24H27N5O4/c1-2-25-22(30)17-7-5-6-16(12-17)13-26-24(32)20-14-29(10-11-33-20)15-21-27-19-9-4-3-8-18(19)23(31)28-21/h3-9,12,20H,2,10-11,13-15H2,1H3,(H,25,30)(H,26,32)(H,27,28,31). The van der Waals surface area contributed by atoms with E-state index in [4.69, 9.17) is 4.74 Å². The van der Waals surface area contributed by atoms with E-state index in [1.165, 1.54) is 0 Å². The first-order valence-corrected chi connectivity index (χ1v) is 11.0. The lowest BCUT2D eigenvalue weighted by Gasteiger charge is -2.31. The van der Waals surface area contributed by atoms with Gasteiger partial charge in [0, 0.05) is 31.7 Å². The Bertz CT molecular complexity index is 1210. The van der Waals surface area contributed by atoms with Gasteiger partial charge in [0.25, 0.3) is 17.4 Å². The zero-order chi connectivity index (χ0) is 23.2. The molecule has 1 unspecified atom stereocenters. The second kappa shape index (κ2) is 10.4. The molecule has 1 atom stereocenters. The molecule has 2 aromatic carbocycles. The number of nitrogens with one attached hydrogen (secondary N) is 3. The van der Waals surface area contributed by atoms with E-state index < -0.39 is 6.10 Å². The van der Waals surface area contributed by atoms with E-state index >= 15 is 0 Å². The minimum absolute atomic E-state index is 0.141. The number of H-pyrrole nitrogens is 1. The summed E-state index contributed by atoms with van der Waals surface area (Å²) in [6.07, 6.45) is -0.627. The summed E-state index contributed by atoms with van der Waals surface area (Å²) in [6, 6.07) is 14.4. The van der Waals surface area contributed by atoms with E-state index in [0.717, 1.165) is 5.56 Å². The van der Waals surface area contributed by atoms with E-state index in [-0.39, 0.29) is 17.4 Å². The van der Waals surface area contributed by atoms with Gasteiger partial charge in [0.1, 0.15) is 11.9 Å². The van der Waals surface area contributed by atoms with Crippen molar-refractivity contribution in [1.29, 1.82) is 0 Å². The second-order valence-corrected chi connectivity index (χ2v) is 7.90. The quantitative estimate of drug-likeness (QED) is 0.499. The van der Waals surface area contributed by atoms with Crippen molar-refractivity contribution in [3.63, 3.8) is 0 Å². The Kier molecular flexibility index (Phi) is 7.11. The van der Waals surface area contributed by atoms with Crippen LogP contribution in [0.25, 0.3) is 10.9 Å². The van der Waals surface area contributed by atoms with Crippen LogP contribution in [0, 0.1) is 0 Å². The van der Waals surface area contributed by atoms with Gasteiger partial charge in [-0.3, -0.25) is 19.3 Å². The fourth-order valence-corrected chi connectivity index (χ4v) is 3.81. The van der Waals surface area contributed by atoms with Gasteiger partial charge in [-0.25, -0.2) is 4.98 Å². The van der Waals surface area contributed by atoms with Gasteiger partial charge in [-0.15, -0.1) is 0 Å². The van der Waals surface area contributed by atoms with Crippen LogP contribution in [-0.4, -0.2) is 59.0 Å². The molecule has 9 heteroatoms. The van der Waals surface area contributed by atoms with Gasteiger partial charge in [-0.1, -0.05) is 24.3 Å². The molecule has 0 radical (unpaired) electrons. The maximum absolute atomic E-state index is 12.7. The van der Waals surface area contributed by atoms with Crippen LogP contribution >= 0.6 is 0 Å². The highest BCUT2D eigenvalue weighted by Crippen LogP contribution is 2.11. The number of morpholine rings is 1. The van der Waals surface area contributed by atoms with Crippen LogP contribution in [0.1, 0.15) is 28.7 Å². The number of aromatic amines is 1. The predicted molar refractivity (Wildman–Crippen MR) is 124 cm³/mol. The molecule has 1 fully saturated rings. The summed E-state index contributed by atoms with van der Waals surface area (Å²) in [5.41, 5.74) is 1.86. The van der Waals surface area contributed by atoms with E-state index in [9.17, 15) is 14.4 Å². The molecule has 3 N–H and O–H groups in total. The van der Waals surface area contributed by atoms with E-state index in [2.05, 4.69) is 20.6 Å². The van der Waals surface area contributed by atoms with Crippen LogP contribution in [0.3, 0.4) is 0 Å². The normalized spacial score (nSPS) is 16.5. The third-order valence-corrected chi connectivity index (χ3v) is 5.47. The monoisotopic (exact) mass is 449 g/mol. The molecule has 1 aliphatic rings. The fourth-order valence-electron chi connectivity index (χ4n) is 3.81. The number of benzene rings is 2. The molecule has 0 saturated carbocycles. The van der Waals surface area contributed by atoms with Crippen LogP contribution in [-0.2, 0) is 22.6 Å². The molecule has 0 spiro atoms. The number of hydrogen-bond acceptors (Lipinski definition) is 6. The lowest BCUT2D eigenvalue weighted by atomic mass is 10.1. The van der Waals surface area contributed by atoms with Gasteiger partial charge in [0.05, 0.1) is 24.1 Å². The number of rotatable bonds is 7. The van der Waals surface area contributed by atoms with Crippen molar-refractivity contribution in [3.05, 3.63) is 75.8 Å². The Morgan fingerprint density at radius 3 is 2.88 bits per heavy atom. The average Bonchev–Trinajstić information content (AvgIpc) is 2.83. The highest BCUT2D eigenvalue weighted by atomic mass is 16.5. The van der Waals surface area contributed by atoms with Crippen molar-refractivity contribution in [3.8, 4) is 0 Å². The van der Waals surface area contributed by atoms with Crippen LogP contribution in [0.15, 0.2) is 53.3 Å². The molecule has 1 aromatic heterocycles. The van der Waals surface area contributed by atoms with Crippen molar-refractivity contribution < 1.29 is 14.3 Å². The highest BCUT2D eigenvalue weighted by Gasteiger charge is 2.27. The Hall–Kier alpha value is -3.56. The predicted octanol–water partition coefficient (Wildman–Crippen LogP) is 1.19. The highest BCUT2D eigenvalue weighted by molar-refractivity contribution is 5.94. The fraction of sp³-hybridized carbons (Fsp3) is 0.333. The summed E-state index contributed by atoms with van der Waals surface area (Å²) in [4.78, 5) is 46.4. The minimum Gasteiger partial charge on any atom is -0.366 e. The van der Waals surface area contributed by atoms with E-state index in [1.807, 2.05) is 30.0 Å². The summed E-state index contributed by atoms with van der Waals surface area (Å²) >= 11 is 0. The Balaban J connectivity index is 1.35. The molecule has 2 heterocycles. The van der Waals surface area contributed by atoms with Gasteiger partial charge >= 0.3 is 0 Å². The number of hydrogen-bond donors (Lipinski definition) is 3. The molecule has 1 saturated heterocycles. The molecule has 1 aliphatic heterocycles. The number of para-hydroxylation sites is 1. The van der Waals surface area contributed by atoms with Crippen LogP contribution in [0.4, 0.5) is 0 Å². The van der Waals surface area contributed by atoms with Crippen LogP contribution < -0.4 is 16.2 Å². The molecule has 172 valence electrons. The zero-order valence-corrected chi connectivity index (χ0v) is 18.5. The summed E-state index contributed by atoms with van der Waals surface area (Å²) in [6.45, 7) is 4.56. The van der Waals surface area contributed by atoms with Gasteiger partial charge in [-0.2, -0.15) is 0 Å².